The van der Waals surface area contributed by atoms with Gasteiger partial charge in [0, 0.05) is 20.1 Å². The summed E-state index contributed by atoms with van der Waals surface area (Å²) in [5.74, 6) is 0.693. The number of hydrogen-bond acceptors (Lipinski definition) is 4. The van der Waals surface area contributed by atoms with Crippen molar-refractivity contribution in [3.8, 4) is 5.75 Å². The maximum Gasteiger partial charge on any atom is 0.248 e. The first-order valence-electron chi connectivity index (χ1n) is 7.02. The topological polar surface area (TPSA) is 52.8 Å². The van der Waals surface area contributed by atoms with Gasteiger partial charge in [0.05, 0.1) is 17.9 Å². The monoisotopic (exact) mass is 308 g/mol. The van der Waals surface area contributed by atoms with E-state index in [2.05, 4.69) is 4.99 Å². The Kier molecular flexibility index (Phi) is 5.52. The lowest BCUT2D eigenvalue weighted by Gasteiger charge is -2.09. The average molecular weight is 308 g/mol. The zero-order chi connectivity index (χ0) is 15.2. The van der Waals surface area contributed by atoms with Crippen molar-refractivity contribution >= 4 is 27.5 Å². The number of thiazole rings is 1. The zero-order valence-electron chi connectivity index (χ0n) is 12.6. The van der Waals surface area contributed by atoms with Crippen molar-refractivity contribution in [2.24, 2.45) is 4.99 Å². The van der Waals surface area contributed by atoms with Crippen molar-refractivity contribution in [2.45, 2.75) is 26.8 Å². The SMILES string of the molecule is CCOc1cccc2sc(=NC(=O)CC)n(CCOC)c12. The summed E-state index contributed by atoms with van der Waals surface area (Å²) in [6.07, 6.45) is 0.400. The van der Waals surface area contributed by atoms with Crippen LogP contribution in [0.2, 0.25) is 0 Å². The quantitative estimate of drug-likeness (QED) is 0.824. The lowest BCUT2D eigenvalue weighted by atomic mass is 10.3. The number of carbonyl (C=O) groups excluding carboxylic acids is 1. The normalized spacial score (nSPS) is 12.0. The fraction of sp³-hybridized carbons (Fsp3) is 0.467. The first-order valence-corrected chi connectivity index (χ1v) is 7.84. The van der Waals surface area contributed by atoms with Gasteiger partial charge in [0.25, 0.3) is 0 Å². The summed E-state index contributed by atoms with van der Waals surface area (Å²) in [7, 11) is 1.66. The van der Waals surface area contributed by atoms with Crippen LogP contribution in [0.25, 0.3) is 10.2 Å². The van der Waals surface area contributed by atoms with E-state index in [0.29, 0.717) is 31.0 Å². The number of ether oxygens (including phenoxy) is 2. The Bertz CT molecular complexity index is 688. The molecule has 0 fully saturated rings. The Morgan fingerprint density at radius 1 is 1.38 bits per heavy atom. The standard InChI is InChI=1S/C15H20N2O3S/c1-4-13(18)16-15-17(9-10-19-3)14-11(20-5-2)7-6-8-12(14)21-15/h6-8H,4-5,9-10H2,1-3H3. The first kappa shape index (κ1) is 15.7. The minimum absolute atomic E-state index is 0.120. The molecule has 0 bridgehead atoms. The van der Waals surface area contributed by atoms with Crippen LogP contribution in [0.1, 0.15) is 20.3 Å². The predicted molar refractivity (Wildman–Crippen MR) is 83.7 cm³/mol. The van der Waals surface area contributed by atoms with E-state index in [-0.39, 0.29) is 5.91 Å². The van der Waals surface area contributed by atoms with E-state index in [4.69, 9.17) is 9.47 Å². The summed E-state index contributed by atoms with van der Waals surface area (Å²) >= 11 is 1.50. The second-order valence-corrected chi connectivity index (χ2v) is 5.43. The van der Waals surface area contributed by atoms with Crippen LogP contribution in [0, 0.1) is 0 Å². The summed E-state index contributed by atoms with van der Waals surface area (Å²) in [6, 6.07) is 5.91. The van der Waals surface area contributed by atoms with E-state index in [1.807, 2.05) is 36.6 Å². The fourth-order valence-electron chi connectivity index (χ4n) is 2.03. The molecule has 5 nitrogen and oxygen atoms in total. The molecule has 0 aliphatic heterocycles. The molecule has 0 atom stereocenters. The van der Waals surface area contributed by atoms with Crippen LogP contribution in [0.3, 0.4) is 0 Å². The highest BCUT2D eigenvalue weighted by Crippen LogP contribution is 2.27. The molecule has 0 radical (unpaired) electrons. The zero-order valence-corrected chi connectivity index (χ0v) is 13.4. The van der Waals surface area contributed by atoms with Crippen LogP contribution in [-0.2, 0) is 16.1 Å². The molecule has 1 aromatic heterocycles. The van der Waals surface area contributed by atoms with Crippen molar-refractivity contribution in [3.63, 3.8) is 0 Å². The highest BCUT2D eigenvalue weighted by molar-refractivity contribution is 7.16. The van der Waals surface area contributed by atoms with Crippen molar-refractivity contribution in [3.05, 3.63) is 23.0 Å². The maximum absolute atomic E-state index is 11.7. The molecule has 0 saturated heterocycles. The predicted octanol–water partition coefficient (Wildman–Crippen LogP) is 2.59. The summed E-state index contributed by atoms with van der Waals surface area (Å²) in [5.41, 5.74) is 0.976. The lowest BCUT2D eigenvalue weighted by Crippen LogP contribution is -2.19. The van der Waals surface area contributed by atoms with Gasteiger partial charge in [-0.3, -0.25) is 4.79 Å². The summed E-state index contributed by atoms with van der Waals surface area (Å²) in [6.45, 7) is 5.55. The molecule has 1 amide bonds. The van der Waals surface area contributed by atoms with Gasteiger partial charge in [0.1, 0.15) is 11.3 Å². The third-order valence-corrected chi connectivity index (χ3v) is 4.05. The molecular weight excluding hydrogens is 288 g/mol. The van der Waals surface area contributed by atoms with Crippen LogP contribution in [-0.4, -0.2) is 30.8 Å². The molecule has 0 spiro atoms. The molecule has 114 valence electrons. The minimum atomic E-state index is -0.120. The highest BCUT2D eigenvalue weighted by atomic mass is 32.1. The number of methoxy groups -OCH3 is 1. The van der Waals surface area contributed by atoms with E-state index < -0.39 is 0 Å². The Labute approximate surface area is 127 Å². The highest BCUT2D eigenvalue weighted by Gasteiger charge is 2.12. The van der Waals surface area contributed by atoms with Crippen LogP contribution in [0.15, 0.2) is 23.2 Å². The molecule has 2 aromatic rings. The summed E-state index contributed by atoms with van der Waals surface area (Å²) < 4.78 is 13.9. The van der Waals surface area contributed by atoms with Gasteiger partial charge in [-0.05, 0) is 19.1 Å². The van der Waals surface area contributed by atoms with Gasteiger partial charge in [-0.25, -0.2) is 0 Å². The largest absolute Gasteiger partial charge is 0.492 e. The van der Waals surface area contributed by atoms with Crippen LogP contribution in [0.5, 0.6) is 5.75 Å². The second-order valence-electron chi connectivity index (χ2n) is 4.42. The smallest absolute Gasteiger partial charge is 0.248 e. The molecule has 1 aromatic carbocycles. The van der Waals surface area contributed by atoms with Gasteiger partial charge in [0.15, 0.2) is 4.80 Å². The number of hydrogen-bond donors (Lipinski definition) is 0. The van der Waals surface area contributed by atoms with Gasteiger partial charge >= 0.3 is 0 Å². The van der Waals surface area contributed by atoms with Gasteiger partial charge in [-0.2, -0.15) is 4.99 Å². The van der Waals surface area contributed by atoms with E-state index in [1.165, 1.54) is 11.3 Å². The first-order chi connectivity index (χ1) is 10.2. The lowest BCUT2D eigenvalue weighted by molar-refractivity contribution is -0.117. The van der Waals surface area contributed by atoms with Gasteiger partial charge in [-0.15, -0.1) is 0 Å². The number of amides is 1. The molecule has 0 N–H and O–H groups in total. The molecule has 0 aliphatic carbocycles. The summed E-state index contributed by atoms with van der Waals surface area (Å²) in [4.78, 5) is 16.6. The third-order valence-electron chi connectivity index (χ3n) is 3.01. The van der Waals surface area contributed by atoms with Crippen molar-refractivity contribution in [2.75, 3.05) is 20.3 Å². The van der Waals surface area contributed by atoms with Gasteiger partial charge in [-0.1, -0.05) is 24.3 Å². The van der Waals surface area contributed by atoms with Crippen LogP contribution >= 0.6 is 11.3 Å². The number of carbonyl (C=O) groups is 1. The molecule has 0 saturated carbocycles. The van der Waals surface area contributed by atoms with Crippen molar-refractivity contribution in [1.82, 2.24) is 4.57 Å². The third kappa shape index (κ3) is 3.51. The number of para-hydroxylation sites is 1. The van der Waals surface area contributed by atoms with E-state index in [9.17, 15) is 4.79 Å². The van der Waals surface area contributed by atoms with E-state index >= 15 is 0 Å². The molecule has 2 rings (SSSR count). The van der Waals surface area contributed by atoms with Gasteiger partial charge < -0.3 is 14.0 Å². The Morgan fingerprint density at radius 2 is 2.19 bits per heavy atom. The Balaban J connectivity index is 2.65. The number of rotatable bonds is 6. The summed E-state index contributed by atoms with van der Waals surface area (Å²) in [5, 5.41) is 0. The average Bonchev–Trinajstić information content (AvgIpc) is 2.83. The Morgan fingerprint density at radius 3 is 2.86 bits per heavy atom. The molecule has 6 heteroatoms. The van der Waals surface area contributed by atoms with Gasteiger partial charge in [0.2, 0.25) is 5.91 Å². The van der Waals surface area contributed by atoms with Crippen LogP contribution in [0.4, 0.5) is 0 Å². The van der Waals surface area contributed by atoms with E-state index in [0.717, 1.165) is 16.0 Å². The fourth-order valence-corrected chi connectivity index (χ4v) is 3.12. The number of aromatic nitrogens is 1. The van der Waals surface area contributed by atoms with E-state index in [1.54, 1.807) is 7.11 Å². The minimum Gasteiger partial charge on any atom is -0.492 e. The Hall–Kier alpha value is -1.66. The molecule has 21 heavy (non-hydrogen) atoms. The molecule has 1 heterocycles. The van der Waals surface area contributed by atoms with Crippen LogP contribution < -0.4 is 9.54 Å². The molecule has 0 aliphatic rings. The molecule has 0 unspecified atom stereocenters. The number of fused-ring (bicyclic) bond motifs is 1. The number of benzene rings is 1. The van der Waals surface area contributed by atoms with Crippen molar-refractivity contribution in [1.29, 1.82) is 0 Å². The van der Waals surface area contributed by atoms with Crippen molar-refractivity contribution < 1.29 is 14.3 Å². The second kappa shape index (κ2) is 7.38. The number of nitrogens with zero attached hydrogens (tertiary/aromatic N) is 2. The maximum atomic E-state index is 11.7. The molecular formula is C15H20N2O3S.